The summed E-state index contributed by atoms with van der Waals surface area (Å²) in [6.45, 7) is 6.36. The normalized spacial score (nSPS) is 11.4. The molecule has 1 heterocycles. The molecule has 31 heavy (non-hydrogen) atoms. The highest BCUT2D eigenvalue weighted by molar-refractivity contribution is 7.91. The summed E-state index contributed by atoms with van der Waals surface area (Å²) >= 11 is 0. The second-order valence-electron chi connectivity index (χ2n) is 7.60. The summed E-state index contributed by atoms with van der Waals surface area (Å²) in [5.41, 5.74) is 4.76. The Bertz CT molecular complexity index is 1290. The average molecular weight is 428 g/mol. The van der Waals surface area contributed by atoms with Crippen molar-refractivity contribution in [3.8, 4) is 11.1 Å². The van der Waals surface area contributed by atoms with Gasteiger partial charge in [-0.2, -0.15) is 0 Å². The van der Waals surface area contributed by atoms with Crippen LogP contribution in [0.2, 0.25) is 0 Å². The molecule has 4 rings (SSSR count). The summed E-state index contributed by atoms with van der Waals surface area (Å²) in [5, 5.41) is 0. The summed E-state index contributed by atoms with van der Waals surface area (Å²) in [7, 11) is -3.70. The number of sulfone groups is 1. The van der Waals surface area contributed by atoms with Crippen molar-refractivity contribution in [1.82, 2.24) is 4.57 Å². The maximum atomic E-state index is 13.7. The van der Waals surface area contributed by atoms with E-state index in [9.17, 15) is 8.42 Å². The van der Waals surface area contributed by atoms with Gasteiger partial charge in [-0.3, -0.25) is 0 Å². The molecule has 0 saturated heterocycles. The lowest BCUT2D eigenvalue weighted by atomic mass is 10.0. The Morgan fingerprint density at radius 1 is 0.871 bits per heavy atom. The number of hydrogen-bond acceptors (Lipinski definition) is 2. The van der Waals surface area contributed by atoms with Crippen LogP contribution in [0.3, 0.4) is 0 Å². The average Bonchev–Trinajstić information content (AvgIpc) is 3.14. The first kappa shape index (κ1) is 20.9. The number of allylic oxidation sites excluding steroid dienone is 1. The molecule has 1 aromatic heterocycles. The SMILES string of the molecule is C=CCn1cc(S(=O)(=O)c2ccc(C)cc2)c(-c2ccccc2)c1Cc1ccccc1. The third-order valence-corrected chi connectivity index (χ3v) is 7.16. The van der Waals surface area contributed by atoms with Gasteiger partial charge in [0.15, 0.2) is 0 Å². The molecule has 156 valence electrons. The standard InChI is InChI=1S/C27H25NO2S/c1-3-18-28-20-26(31(29,30)24-16-14-21(2)15-17-24)27(23-12-8-5-9-13-23)25(28)19-22-10-6-4-7-11-22/h3-17,20H,1,18-19H2,2H3. The number of aromatic nitrogens is 1. The molecule has 0 atom stereocenters. The Morgan fingerprint density at radius 3 is 2.10 bits per heavy atom. The van der Waals surface area contributed by atoms with Gasteiger partial charge in [0.2, 0.25) is 9.84 Å². The maximum absolute atomic E-state index is 13.7. The Balaban J connectivity index is 1.97. The van der Waals surface area contributed by atoms with Gasteiger partial charge in [-0.05, 0) is 30.2 Å². The highest BCUT2D eigenvalue weighted by Gasteiger charge is 2.28. The number of aryl methyl sites for hydroxylation is 1. The summed E-state index contributed by atoms with van der Waals surface area (Å²) in [4.78, 5) is 0.632. The molecule has 0 aliphatic rings. The van der Waals surface area contributed by atoms with Crippen LogP contribution in [-0.2, 0) is 22.8 Å². The van der Waals surface area contributed by atoms with Gasteiger partial charge >= 0.3 is 0 Å². The van der Waals surface area contributed by atoms with E-state index in [4.69, 9.17) is 0 Å². The molecule has 0 radical (unpaired) electrons. The quantitative estimate of drug-likeness (QED) is 0.336. The monoisotopic (exact) mass is 427 g/mol. The molecule has 0 fully saturated rings. The second kappa shape index (κ2) is 8.78. The number of benzene rings is 3. The first-order valence-corrected chi connectivity index (χ1v) is 11.7. The minimum atomic E-state index is -3.70. The van der Waals surface area contributed by atoms with Crippen LogP contribution in [0.5, 0.6) is 0 Å². The fourth-order valence-corrected chi connectivity index (χ4v) is 5.33. The zero-order valence-corrected chi connectivity index (χ0v) is 18.3. The van der Waals surface area contributed by atoms with Crippen molar-refractivity contribution in [2.24, 2.45) is 0 Å². The van der Waals surface area contributed by atoms with Crippen LogP contribution in [0.15, 0.2) is 114 Å². The summed E-state index contributed by atoms with van der Waals surface area (Å²) in [6, 6.07) is 26.9. The van der Waals surface area contributed by atoms with Crippen molar-refractivity contribution in [2.45, 2.75) is 29.7 Å². The maximum Gasteiger partial charge on any atom is 0.208 e. The third kappa shape index (κ3) is 4.25. The van der Waals surface area contributed by atoms with Gasteiger partial charge in [-0.15, -0.1) is 6.58 Å². The zero-order chi connectivity index (χ0) is 21.8. The Labute approximate surface area is 184 Å². The van der Waals surface area contributed by atoms with Crippen LogP contribution in [0.1, 0.15) is 16.8 Å². The zero-order valence-electron chi connectivity index (χ0n) is 17.5. The van der Waals surface area contributed by atoms with Crippen LogP contribution in [0, 0.1) is 6.92 Å². The van der Waals surface area contributed by atoms with Gasteiger partial charge in [0.05, 0.1) is 9.79 Å². The molecule has 0 bridgehead atoms. The van der Waals surface area contributed by atoms with Crippen LogP contribution in [0.4, 0.5) is 0 Å². The third-order valence-electron chi connectivity index (χ3n) is 5.38. The molecule has 0 aliphatic carbocycles. The van der Waals surface area contributed by atoms with E-state index in [1.54, 1.807) is 24.4 Å². The van der Waals surface area contributed by atoms with Crippen molar-refractivity contribution in [3.63, 3.8) is 0 Å². The second-order valence-corrected chi connectivity index (χ2v) is 9.52. The van der Waals surface area contributed by atoms with E-state index in [0.717, 1.165) is 27.9 Å². The molecular weight excluding hydrogens is 402 g/mol. The van der Waals surface area contributed by atoms with Gasteiger partial charge < -0.3 is 4.57 Å². The molecule has 4 aromatic rings. The van der Waals surface area contributed by atoms with E-state index in [2.05, 4.69) is 18.7 Å². The number of nitrogens with zero attached hydrogens (tertiary/aromatic N) is 1. The van der Waals surface area contributed by atoms with Crippen molar-refractivity contribution in [1.29, 1.82) is 0 Å². The minimum Gasteiger partial charge on any atom is -0.345 e. The Kier molecular flexibility index (Phi) is 5.92. The molecule has 0 saturated carbocycles. The first-order chi connectivity index (χ1) is 15.0. The molecular formula is C27H25NO2S. The summed E-state index contributed by atoms with van der Waals surface area (Å²) < 4.78 is 29.4. The Morgan fingerprint density at radius 2 is 1.48 bits per heavy atom. The fraction of sp³-hybridized carbons (Fsp3) is 0.111. The fourth-order valence-electron chi connectivity index (χ4n) is 3.81. The van der Waals surface area contributed by atoms with Crippen LogP contribution >= 0.6 is 0 Å². The van der Waals surface area contributed by atoms with E-state index < -0.39 is 9.84 Å². The van der Waals surface area contributed by atoms with E-state index in [0.29, 0.717) is 22.8 Å². The van der Waals surface area contributed by atoms with Gasteiger partial charge in [-0.25, -0.2) is 8.42 Å². The van der Waals surface area contributed by atoms with E-state index >= 15 is 0 Å². The molecule has 0 unspecified atom stereocenters. The van der Waals surface area contributed by atoms with E-state index in [-0.39, 0.29) is 0 Å². The highest BCUT2D eigenvalue weighted by atomic mass is 32.2. The summed E-state index contributed by atoms with van der Waals surface area (Å²) in [6.07, 6.45) is 4.19. The topological polar surface area (TPSA) is 39.1 Å². The van der Waals surface area contributed by atoms with Crippen LogP contribution < -0.4 is 0 Å². The first-order valence-electron chi connectivity index (χ1n) is 10.2. The molecule has 4 heteroatoms. The number of rotatable bonds is 7. The Hall–Kier alpha value is -3.37. The predicted molar refractivity (Wildman–Crippen MR) is 126 cm³/mol. The van der Waals surface area contributed by atoms with E-state index in [1.807, 2.05) is 72.2 Å². The van der Waals surface area contributed by atoms with Crippen molar-refractivity contribution in [2.75, 3.05) is 0 Å². The van der Waals surface area contributed by atoms with Crippen molar-refractivity contribution >= 4 is 9.84 Å². The predicted octanol–water partition coefficient (Wildman–Crippen LogP) is 6.07. The van der Waals surface area contributed by atoms with Gasteiger partial charge in [0.1, 0.15) is 0 Å². The van der Waals surface area contributed by atoms with Gasteiger partial charge in [-0.1, -0.05) is 84.4 Å². The van der Waals surface area contributed by atoms with Crippen LogP contribution in [-0.4, -0.2) is 13.0 Å². The van der Waals surface area contributed by atoms with Crippen molar-refractivity contribution < 1.29 is 8.42 Å². The molecule has 0 N–H and O–H groups in total. The molecule has 3 aromatic carbocycles. The molecule has 0 amide bonds. The molecule has 3 nitrogen and oxygen atoms in total. The smallest absolute Gasteiger partial charge is 0.208 e. The number of hydrogen-bond donors (Lipinski definition) is 0. The van der Waals surface area contributed by atoms with Gasteiger partial charge in [0.25, 0.3) is 0 Å². The lowest BCUT2D eigenvalue weighted by Gasteiger charge is -2.12. The lowest BCUT2D eigenvalue weighted by molar-refractivity contribution is 0.596. The summed E-state index contributed by atoms with van der Waals surface area (Å²) in [5.74, 6) is 0. The van der Waals surface area contributed by atoms with Crippen molar-refractivity contribution in [3.05, 3.63) is 121 Å². The van der Waals surface area contributed by atoms with Gasteiger partial charge in [0, 0.05) is 30.4 Å². The van der Waals surface area contributed by atoms with Crippen LogP contribution in [0.25, 0.3) is 11.1 Å². The largest absolute Gasteiger partial charge is 0.345 e. The highest BCUT2D eigenvalue weighted by Crippen LogP contribution is 2.37. The lowest BCUT2D eigenvalue weighted by Crippen LogP contribution is -2.03. The molecule has 0 aliphatic heterocycles. The molecule has 0 spiro atoms. The minimum absolute atomic E-state index is 0.303. The van der Waals surface area contributed by atoms with E-state index in [1.165, 1.54) is 0 Å².